The van der Waals surface area contributed by atoms with Crippen LogP contribution in [0.4, 0.5) is 4.79 Å². The normalized spacial score (nSPS) is 23.6. The van der Waals surface area contributed by atoms with E-state index in [-0.39, 0.29) is 17.7 Å². The first-order chi connectivity index (χ1) is 17.9. The quantitative estimate of drug-likeness (QED) is 0.391. The number of aromatic hydroxyl groups is 1. The summed E-state index contributed by atoms with van der Waals surface area (Å²) < 4.78 is 5.76. The van der Waals surface area contributed by atoms with Crippen LogP contribution in [0.25, 0.3) is 10.9 Å². The van der Waals surface area contributed by atoms with Crippen molar-refractivity contribution in [2.75, 3.05) is 32.8 Å². The first kappa shape index (κ1) is 23.6. The number of rotatable bonds is 6. The van der Waals surface area contributed by atoms with Gasteiger partial charge in [-0.1, -0.05) is 24.3 Å². The number of imide groups is 1. The molecular weight excluding hydrogens is 468 g/mol. The molecule has 3 aliphatic rings. The van der Waals surface area contributed by atoms with Crippen LogP contribution in [0.2, 0.25) is 0 Å². The Morgan fingerprint density at radius 2 is 2.00 bits per heavy atom. The van der Waals surface area contributed by atoms with Gasteiger partial charge in [0.15, 0.2) is 0 Å². The number of ether oxygens (including phenoxy) is 1. The van der Waals surface area contributed by atoms with E-state index in [4.69, 9.17) is 4.74 Å². The number of nitrogens with zero attached hydrogens (tertiary/aromatic N) is 3. The Kier molecular flexibility index (Phi) is 5.71. The van der Waals surface area contributed by atoms with Crippen molar-refractivity contribution in [1.29, 1.82) is 0 Å². The van der Waals surface area contributed by atoms with Crippen LogP contribution in [0.1, 0.15) is 43.1 Å². The number of phenols is 1. The maximum atomic E-state index is 14.0. The highest BCUT2D eigenvalue weighted by molar-refractivity contribution is 6.08. The number of carbonyl (C=O) groups excluding carboxylic acids is 2. The van der Waals surface area contributed by atoms with Gasteiger partial charge in [0.25, 0.3) is 5.91 Å². The number of aromatic amines is 1. The van der Waals surface area contributed by atoms with Crippen LogP contribution in [0.15, 0.2) is 54.6 Å². The fourth-order valence-electron chi connectivity index (χ4n) is 6.12. The van der Waals surface area contributed by atoms with E-state index in [0.29, 0.717) is 26.1 Å². The van der Waals surface area contributed by atoms with E-state index in [9.17, 15) is 14.7 Å². The molecule has 2 N–H and O–H groups in total. The van der Waals surface area contributed by atoms with E-state index in [1.165, 1.54) is 4.90 Å². The Morgan fingerprint density at radius 3 is 2.76 bits per heavy atom. The molecule has 192 valence electrons. The van der Waals surface area contributed by atoms with Crippen molar-refractivity contribution in [1.82, 2.24) is 19.7 Å². The second-order valence-corrected chi connectivity index (χ2v) is 10.3. The average molecular weight is 501 g/mol. The summed E-state index contributed by atoms with van der Waals surface area (Å²) in [6, 6.07) is 12.1. The highest BCUT2D eigenvalue weighted by atomic mass is 16.5. The number of fused-ring (bicyclic) bond motifs is 4. The number of aromatic nitrogens is 1. The van der Waals surface area contributed by atoms with Crippen LogP contribution in [0, 0.1) is 0 Å². The highest BCUT2D eigenvalue weighted by Gasteiger charge is 2.60. The fourth-order valence-corrected chi connectivity index (χ4v) is 6.12. The molecule has 3 aliphatic heterocycles. The minimum absolute atomic E-state index is 0.119. The van der Waals surface area contributed by atoms with Crippen LogP contribution >= 0.6 is 0 Å². The lowest BCUT2D eigenvalue weighted by atomic mass is 9.81. The molecule has 37 heavy (non-hydrogen) atoms. The van der Waals surface area contributed by atoms with Gasteiger partial charge in [-0.2, -0.15) is 0 Å². The number of H-pyrrole nitrogens is 1. The Hall–Kier alpha value is -3.78. The standard InChI is InChI=1S/C29H32N4O4/c1-3-37-21-10-11-24-22(17-21)23-18-29(2)27(35)32(15-14-31-12-5-4-6-13-31)28(36)33(29)26(25(23)30-24)19-8-7-9-20(34)16-19/h4-5,7-11,16-17,26,30,34H,3,6,12-15,18H2,1-2H3/t26-,29+/m1/s1. The van der Waals surface area contributed by atoms with Gasteiger partial charge in [-0.3, -0.25) is 19.5 Å². The second-order valence-electron chi connectivity index (χ2n) is 10.3. The summed E-state index contributed by atoms with van der Waals surface area (Å²) >= 11 is 0. The highest BCUT2D eigenvalue weighted by Crippen LogP contribution is 2.49. The minimum Gasteiger partial charge on any atom is -0.508 e. The predicted molar refractivity (Wildman–Crippen MR) is 141 cm³/mol. The van der Waals surface area contributed by atoms with Crippen LogP contribution in [-0.4, -0.2) is 75.1 Å². The van der Waals surface area contributed by atoms with E-state index in [0.717, 1.165) is 53.0 Å². The van der Waals surface area contributed by atoms with E-state index in [1.54, 1.807) is 23.1 Å². The van der Waals surface area contributed by atoms with E-state index < -0.39 is 11.6 Å². The van der Waals surface area contributed by atoms with Gasteiger partial charge in [0, 0.05) is 49.2 Å². The smallest absolute Gasteiger partial charge is 0.328 e. The topological polar surface area (TPSA) is 89.1 Å². The van der Waals surface area contributed by atoms with Crippen molar-refractivity contribution < 1.29 is 19.4 Å². The third-order valence-electron chi connectivity index (χ3n) is 7.92. The molecule has 4 heterocycles. The van der Waals surface area contributed by atoms with Crippen molar-refractivity contribution in [2.24, 2.45) is 0 Å². The lowest BCUT2D eigenvalue weighted by molar-refractivity contribution is -0.133. The summed E-state index contributed by atoms with van der Waals surface area (Å²) in [5.74, 6) is 0.717. The van der Waals surface area contributed by atoms with Gasteiger partial charge in [0.05, 0.1) is 6.61 Å². The van der Waals surface area contributed by atoms with Crippen LogP contribution in [0.3, 0.4) is 0 Å². The van der Waals surface area contributed by atoms with Gasteiger partial charge in [-0.25, -0.2) is 4.79 Å². The SMILES string of the molecule is CCOc1ccc2[nH]c3c(c2c1)C[C@@]1(C)C(=O)N(CCN2CC=CCC2)C(=O)N1[C@@H]3c1cccc(O)c1. The molecule has 0 radical (unpaired) electrons. The summed E-state index contributed by atoms with van der Waals surface area (Å²) in [5, 5.41) is 11.3. The molecule has 2 atom stereocenters. The number of nitrogens with one attached hydrogen (secondary N) is 1. The van der Waals surface area contributed by atoms with Gasteiger partial charge in [0.2, 0.25) is 0 Å². The molecule has 6 rings (SSSR count). The lowest BCUT2D eigenvalue weighted by Crippen LogP contribution is -2.53. The van der Waals surface area contributed by atoms with Gasteiger partial charge < -0.3 is 14.8 Å². The Labute approximate surface area is 216 Å². The molecule has 0 unspecified atom stereocenters. The molecule has 8 heteroatoms. The molecule has 0 aliphatic carbocycles. The number of carbonyl (C=O) groups is 2. The summed E-state index contributed by atoms with van der Waals surface area (Å²) in [6.07, 6.45) is 5.68. The summed E-state index contributed by atoms with van der Waals surface area (Å²) in [6.45, 7) is 7.15. The molecular formula is C29H32N4O4. The first-order valence-corrected chi connectivity index (χ1v) is 13.0. The molecule has 0 bridgehead atoms. The summed E-state index contributed by atoms with van der Waals surface area (Å²) in [7, 11) is 0. The molecule has 1 aromatic heterocycles. The van der Waals surface area contributed by atoms with Crippen molar-refractivity contribution in [2.45, 2.75) is 38.3 Å². The van der Waals surface area contributed by atoms with Crippen LogP contribution < -0.4 is 4.74 Å². The molecule has 0 saturated carbocycles. The van der Waals surface area contributed by atoms with Crippen LogP contribution in [-0.2, 0) is 11.2 Å². The minimum atomic E-state index is -1.04. The third kappa shape index (κ3) is 3.78. The van der Waals surface area contributed by atoms with Crippen molar-refractivity contribution in [3.05, 3.63) is 71.4 Å². The molecule has 1 saturated heterocycles. The third-order valence-corrected chi connectivity index (χ3v) is 7.92. The molecule has 0 spiro atoms. The number of hydrogen-bond acceptors (Lipinski definition) is 5. The van der Waals surface area contributed by atoms with Gasteiger partial charge in [-0.15, -0.1) is 0 Å². The number of amides is 3. The molecule has 3 amide bonds. The molecule has 8 nitrogen and oxygen atoms in total. The largest absolute Gasteiger partial charge is 0.508 e. The summed E-state index contributed by atoms with van der Waals surface area (Å²) in [4.78, 5) is 36.9. The van der Waals surface area contributed by atoms with Gasteiger partial charge >= 0.3 is 6.03 Å². The maximum Gasteiger partial charge on any atom is 0.328 e. The van der Waals surface area contributed by atoms with Crippen LogP contribution in [0.5, 0.6) is 11.5 Å². The van der Waals surface area contributed by atoms with Gasteiger partial charge in [-0.05, 0) is 61.7 Å². The zero-order valence-corrected chi connectivity index (χ0v) is 21.2. The fraction of sp³-hybridized carbons (Fsp3) is 0.379. The molecule has 3 aromatic rings. The number of hydrogen-bond donors (Lipinski definition) is 2. The molecule has 2 aromatic carbocycles. The van der Waals surface area contributed by atoms with E-state index >= 15 is 0 Å². The Morgan fingerprint density at radius 1 is 1.14 bits per heavy atom. The second kappa shape index (κ2) is 8.95. The van der Waals surface area contributed by atoms with Crippen molar-refractivity contribution in [3.63, 3.8) is 0 Å². The zero-order valence-electron chi connectivity index (χ0n) is 21.2. The van der Waals surface area contributed by atoms with Crippen molar-refractivity contribution in [3.8, 4) is 11.5 Å². The monoisotopic (exact) mass is 500 g/mol. The number of urea groups is 1. The molecule has 1 fully saturated rings. The average Bonchev–Trinajstić information content (AvgIpc) is 3.33. The Balaban J connectivity index is 1.45. The zero-order chi connectivity index (χ0) is 25.7. The number of phenolic OH excluding ortho intramolecular Hbond substituents is 1. The van der Waals surface area contributed by atoms with Gasteiger partial charge in [0.1, 0.15) is 23.1 Å². The number of benzene rings is 2. The maximum absolute atomic E-state index is 14.0. The lowest BCUT2D eigenvalue weighted by Gasteiger charge is -2.42. The van der Waals surface area contributed by atoms with E-state index in [2.05, 4.69) is 22.0 Å². The van der Waals surface area contributed by atoms with Crippen molar-refractivity contribution >= 4 is 22.8 Å². The summed E-state index contributed by atoms with van der Waals surface area (Å²) in [5.41, 5.74) is 2.52. The Bertz CT molecular complexity index is 1410. The van der Waals surface area contributed by atoms with E-state index in [1.807, 2.05) is 38.1 Å². The first-order valence-electron chi connectivity index (χ1n) is 13.0. The predicted octanol–water partition coefficient (Wildman–Crippen LogP) is 4.20.